The van der Waals surface area contributed by atoms with Crippen molar-refractivity contribution in [2.75, 3.05) is 0 Å². The number of carboxylic acids is 1. The fraction of sp³-hybridized carbons (Fsp3) is 0.444. The van der Waals surface area contributed by atoms with Crippen molar-refractivity contribution in [3.8, 4) is 0 Å². The zero-order valence-electron chi connectivity index (χ0n) is 26.4. The van der Waals surface area contributed by atoms with E-state index in [1.54, 1.807) is 0 Å². The maximum absolute atomic E-state index is 14.3. The van der Waals surface area contributed by atoms with E-state index >= 15 is 0 Å². The summed E-state index contributed by atoms with van der Waals surface area (Å²) in [5.74, 6) is -3.19. The summed E-state index contributed by atoms with van der Waals surface area (Å²) in [5, 5.41) is 15.3. The Hall–Kier alpha value is -4.01. The summed E-state index contributed by atoms with van der Waals surface area (Å²) in [4.78, 5) is 54.8. The number of aryl methyl sites for hydroxylation is 1. The molecule has 0 bridgehead atoms. The molecule has 250 valence electrons. The molecule has 10 nitrogen and oxygen atoms in total. The first-order chi connectivity index (χ1) is 22.7. The highest BCUT2D eigenvalue weighted by Crippen LogP contribution is 2.59. The molecule has 0 spiro atoms. The van der Waals surface area contributed by atoms with Gasteiger partial charge in [-0.3, -0.25) is 14.4 Å². The summed E-state index contributed by atoms with van der Waals surface area (Å²) >= 11 is 0. The zero-order chi connectivity index (χ0) is 33.2. The van der Waals surface area contributed by atoms with Crippen LogP contribution in [0.4, 0.5) is 4.79 Å². The van der Waals surface area contributed by atoms with Crippen LogP contribution in [0.3, 0.4) is 0 Å². The normalized spacial score (nSPS) is 25.3. The van der Waals surface area contributed by atoms with Gasteiger partial charge in [0.25, 0.3) is 0 Å². The van der Waals surface area contributed by atoms with E-state index in [1.807, 2.05) is 79.0 Å². The molecule has 2 amide bonds. The zero-order valence-corrected chi connectivity index (χ0v) is 27.3. The van der Waals surface area contributed by atoms with Crippen molar-refractivity contribution in [1.29, 1.82) is 0 Å². The van der Waals surface area contributed by atoms with Crippen molar-refractivity contribution in [3.05, 3.63) is 96.1 Å². The van der Waals surface area contributed by atoms with Crippen LogP contribution in [0.5, 0.6) is 0 Å². The van der Waals surface area contributed by atoms with E-state index in [0.29, 0.717) is 32.1 Å². The number of nitrogens with one attached hydrogen (secondary N) is 2. The highest BCUT2D eigenvalue weighted by molar-refractivity contribution is 7.59. The number of hydrogen-bond acceptors (Lipinski definition) is 6. The van der Waals surface area contributed by atoms with Crippen LogP contribution in [0.15, 0.2) is 90.0 Å². The molecular weight excluding hydrogens is 617 g/mol. The number of allylic oxidation sites excluding steroid dienone is 2. The van der Waals surface area contributed by atoms with Crippen LogP contribution in [-0.2, 0) is 31.9 Å². The van der Waals surface area contributed by atoms with Gasteiger partial charge in [-0.25, -0.2) is 9.59 Å². The van der Waals surface area contributed by atoms with Crippen molar-refractivity contribution in [3.63, 3.8) is 0 Å². The number of alkyl carbamates (subject to hydrolysis) is 1. The van der Waals surface area contributed by atoms with E-state index in [0.717, 1.165) is 17.5 Å². The Bertz CT molecular complexity index is 1510. The Morgan fingerprint density at radius 3 is 2.36 bits per heavy atom. The number of hydrogen-bond donors (Lipinski definition) is 4. The maximum atomic E-state index is 14.3. The van der Waals surface area contributed by atoms with Crippen molar-refractivity contribution >= 4 is 31.6 Å². The van der Waals surface area contributed by atoms with Gasteiger partial charge < -0.3 is 25.4 Å². The van der Waals surface area contributed by atoms with E-state index in [-0.39, 0.29) is 37.3 Å². The summed E-state index contributed by atoms with van der Waals surface area (Å²) in [7, 11) is -4.21. The van der Waals surface area contributed by atoms with E-state index in [2.05, 4.69) is 27.8 Å². The second kappa shape index (κ2) is 16.2. The van der Waals surface area contributed by atoms with Crippen LogP contribution < -0.4 is 10.6 Å². The van der Waals surface area contributed by atoms with Gasteiger partial charge in [0.1, 0.15) is 18.4 Å². The van der Waals surface area contributed by atoms with E-state index in [4.69, 9.17) is 4.74 Å². The average molecular weight is 662 g/mol. The van der Waals surface area contributed by atoms with Crippen LogP contribution in [0.25, 0.3) is 0 Å². The van der Waals surface area contributed by atoms with Crippen LogP contribution in [-0.4, -0.2) is 57.7 Å². The molecule has 0 aromatic heterocycles. The number of rotatable bonds is 15. The van der Waals surface area contributed by atoms with Crippen molar-refractivity contribution < 1.29 is 33.7 Å². The number of aliphatic imine (C=N–C) groups is 1. The molecule has 0 saturated heterocycles. The number of carboxylic acid groups (broad SMARTS) is 1. The minimum Gasteiger partial charge on any atom is -0.480 e. The van der Waals surface area contributed by atoms with Gasteiger partial charge in [0.05, 0.1) is 6.04 Å². The summed E-state index contributed by atoms with van der Waals surface area (Å²) in [6.45, 7) is 0.00137. The molecule has 2 aliphatic carbocycles. The van der Waals surface area contributed by atoms with Crippen LogP contribution >= 0.6 is 7.37 Å². The molecule has 1 aliphatic heterocycles. The van der Waals surface area contributed by atoms with Gasteiger partial charge in [-0.05, 0) is 49.7 Å². The van der Waals surface area contributed by atoms with Gasteiger partial charge in [-0.2, -0.15) is 0 Å². The lowest BCUT2D eigenvalue weighted by atomic mass is 9.84. The monoisotopic (exact) mass is 661 g/mol. The molecule has 1 saturated carbocycles. The third kappa shape index (κ3) is 9.08. The van der Waals surface area contributed by atoms with E-state index < -0.39 is 48.7 Å². The molecule has 5 rings (SSSR count). The first-order valence-electron chi connectivity index (χ1n) is 16.5. The minimum absolute atomic E-state index is 0.00137. The van der Waals surface area contributed by atoms with Crippen molar-refractivity contribution in [2.24, 2.45) is 22.7 Å². The van der Waals surface area contributed by atoms with Crippen LogP contribution in [0.2, 0.25) is 0 Å². The SMILES string of the molecule is O=C(NC(CCc1ccccc1)P(=O)(O)C1CCCC1C(=O)NC(CCCC1C=NC2C=CC=CC12)C(=O)O)OCc1ccccc1. The minimum atomic E-state index is -4.21. The molecule has 47 heavy (non-hydrogen) atoms. The molecule has 1 heterocycles. The lowest BCUT2D eigenvalue weighted by molar-refractivity contribution is -0.142. The summed E-state index contributed by atoms with van der Waals surface area (Å²) < 4.78 is 19.7. The maximum Gasteiger partial charge on any atom is 0.408 e. The molecule has 11 heteroatoms. The third-order valence-electron chi connectivity index (χ3n) is 9.52. The first kappa shape index (κ1) is 34.3. The van der Waals surface area contributed by atoms with Crippen LogP contribution in [0.1, 0.15) is 56.1 Å². The summed E-state index contributed by atoms with van der Waals surface area (Å²) in [6, 6.07) is 17.6. The Labute approximate surface area is 275 Å². The number of aliphatic carboxylic acids is 1. The fourth-order valence-corrected chi connectivity index (χ4v) is 9.55. The molecule has 0 radical (unpaired) electrons. The average Bonchev–Trinajstić information content (AvgIpc) is 3.75. The Morgan fingerprint density at radius 1 is 0.936 bits per heavy atom. The number of fused-ring (bicyclic) bond motifs is 1. The van der Waals surface area contributed by atoms with Gasteiger partial charge >= 0.3 is 12.1 Å². The Balaban J connectivity index is 1.22. The molecule has 8 atom stereocenters. The van der Waals surface area contributed by atoms with Gasteiger partial charge in [0, 0.05) is 29.6 Å². The Kier molecular flexibility index (Phi) is 11.8. The largest absolute Gasteiger partial charge is 0.480 e. The summed E-state index contributed by atoms with van der Waals surface area (Å²) in [6.07, 6.45) is 12.7. The number of carbonyl (C=O) groups excluding carboxylic acids is 2. The number of carbonyl (C=O) groups is 3. The highest BCUT2D eigenvalue weighted by atomic mass is 31.2. The topological polar surface area (TPSA) is 154 Å². The molecule has 4 N–H and O–H groups in total. The second-order valence-corrected chi connectivity index (χ2v) is 15.3. The summed E-state index contributed by atoms with van der Waals surface area (Å²) in [5.41, 5.74) is 0.794. The quantitative estimate of drug-likeness (QED) is 0.174. The standard InChI is InChI=1S/C36H44N3O7P/c40-34(38-31(35(41)42)19-9-15-27-23-37-30-18-8-7-16-28(27)30)29-17-10-20-32(29)47(44,45)33(22-21-25-11-3-1-4-12-25)39-36(43)46-24-26-13-5-2-6-14-26/h1-8,11-14,16,18,23,27-33H,9-10,15,17,19-22,24H2,(H,38,40)(H,39,43)(H,41,42)(H,44,45). The van der Waals surface area contributed by atoms with Gasteiger partial charge in [0.2, 0.25) is 13.3 Å². The van der Waals surface area contributed by atoms with Gasteiger partial charge in [-0.15, -0.1) is 0 Å². The smallest absolute Gasteiger partial charge is 0.408 e. The van der Waals surface area contributed by atoms with Gasteiger partial charge in [0.15, 0.2) is 0 Å². The van der Waals surface area contributed by atoms with E-state index in [1.165, 1.54) is 0 Å². The molecule has 2 aromatic carbocycles. The first-order valence-corrected chi connectivity index (χ1v) is 18.3. The highest BCUT2D eigenvalue weighted by Gasteiger charge is 2.49. The van der Waals surface area contributed by atoms with Crippen molar-refractivity contribution in [2.45, 2.75) is 81.5 Å². The van der Waals surface area contributed by atoms with Gasteiger partial charge in [-0.1, -0.05) is 97.8 Å². The Morgan fingerprint density at radius 2 is 1.64 bits per heavy atom. The van der Waals surface area contributed by atoms with E-state index in [9.17, 15) is 28.9 Å². The molecular formula is C36H44N3O7P. The molecule has 3 aliphatic rings. The molecule has 8 unspecified atom stereocenters. The fourth-order valence-electron chi connectivity index (χ4n) is 6.95. The number of benzene rings is 2. The van der Waals surface area contributed by atoms with Crippen molar-refractivity contribution in [1.82, 2.24) is 10.6 Å². The molecule has 2 aromatic rings. The molecule has 1 fully saturated rings. The lowest BCUT2D eigenvalue weighted by Gasteiger charge is -2.31. The lowest BCUT2D eigenvalue weighted by Crippen LogP contribution is -2.46. The van der Waals surface area contributed by atoms with Crippen LogP contribution in [0, 0.1) is 17.8 Å². The second-order valence-electron chi connectivity index (χ2n) is 12.7. The number of nitrogens with zero attached hydrogens (tertiary/aromatic N) is 1. The third-order valence-corrected chi connectivity index (χ3v) is 12.4. The number of amides is 2. The predicted molar refractivity (Wildman–Crippen MR) is 180 cm³/mol. The predicted octanol–water partition coefficient (Wildman–Crippen LogP) is 5.86. The number of ether oxygens (including phenoxy) is 1.